The number of hydrogen-bond donors (Lipinski definition) is 1. The molecule has 0 unspecified atom stereocenters. The van der Waals surface area contributed by atoms with Crippen LogP contribution in [-0.2, 0) is 4.79 Å². The molecule has 5 aliphatic carbocycles. The van der Waals surface area contributed by atoms with Crippen LogP contribution in [0.3, 0.4) is 0 Å². The molecule has 5 saturated carbocycles. The van der Waals surface area contributed by atoms with E-state index in [-0.39, 0.29) is 33.2 Å². The first-order valence-electron chi connectivity index (χ1n) is 13.6. The summed E-state index contributed by atoms with van der Waals surface area (Å²) in [5, 5.41) is 10.9. The van der Waals surface area contributed by atoms with E-state index in [1.165, 1.54) is 31.3 Å². The average molecular weight is 441 g/mol. The number of aliphatic hydroxyl groups is 1. The van der Waals surface area contributed by atoms with Crippen LogP contribution in [0.1, 0.15) is 106 Å². The van der Waals surface area contributed by atoms with Gasteiger partial charge >= 0.3 is 0 Å². The third-order valence-electron chi connectivity index (χ3n) is 13.3. The van der Waals surface area contributed by atoms with Crippen LogP contribution in [0.25, 0.3) is 0 Å². The Morgan fingerprint density at radius 2 is 1.56 bits per heavy atom. The lowest BCUT2D eigenvalue weighted by atomic mass is 9.32. The lowest BCUT2D eigenvalue weighted by Crippen LogP contribution is -2.67. The lowest BCUT2D eigenvalue weighted by Gasteiger charge is -2.72. The van der Waals surface area contributed by atoms with E-state index >= 15 is 0 Å². The number of allylic oxidation sites excluding steroid dienone is 1. The zero-order valence-electron chi connectivity index (χ0n) is 21.9. The summed E-state index contributed by atoms with van der Waals surface area (Å²) in [5.74, 6) is 3.43. The summed E-state index contributed by atoms with van der Waals surface area (Å²) in [6, 6.07) is 0. The highest BCUT2D eigenvalue weighted by atomic mass is 16.3. The second-order valence-electron chi connectivity index (χ2n) is 14.6. The molecular formula is C30H48O2. The second kappa shape index (κ2) is 6.73. The monoisotopic (exact) mass is 440 g/mol. The van der Waals surface area contributed by atoms with Gasteiger partial charge in [-0.05, 0) is 110 Å². The second-order valence-corrected chi connectivity index (χ2v) is 14.6. The van der Waals surface area contributed by atoms with Crippen LogP contribution in [0.15, 0.2) is 12.2 Å². The van der Waals surface area contributed by atoms with Gasteiger partial charge in [-0.1, -0.05) is 53.7 Å². The Labute approximate surface area is 197 Å². The Morgan fingerprint density at radius 1 is 0.875 bits per heavy atom. The summed E-state index contributed by atoms with van der Waals surface area (Å²) in [6.07, 6.45) is 9.91. The number of hydrogen-bond acceptors (Lipinski definition) is 2. The molecule has 0 bridgehead atoms. The summed E-state index contributed by atoms with van der Waals surface area (Å²) in [4.78, 5) is 13.9. The van der Waals surface area contributed by atoms with Crippen molar-refractivity contribution in [1.82, 2.24) is 0 Å². The van der Waals surface area contributed by atoms with E-state index in [1.54, 1.807) is 0 Å². The predicted molar refractivity (Wildman–Crippen MR) is 131 cm³/mol. The summed E-state index contributed by atoms with van der Waals surface area (Å²) in [5.41, 5.74) is 1.74. The van der Waals surface area contributed by atoms with Crippen LogP contribution in [0.4, 0.5) is 0 Å². The minimum Gasteiger partial charge on any atom is -0.393 e. The molecule has 0 heterocycles. The first-order chi connectivity index (χ1) is 14.7. The maximum absolute atomic E-state index is 13.9. The van der Waals surface area contributed by atoms with Gasteiger partial charge in [0.1, 0.15) is 5.78 Å². The first-order valence-corrected chi connectivity index (χ1v) is 13.6. The zero-order valence-corrected chi connectivity index (χ0v) is 21.9. The van der Waals surface area contributed by atoms with Gasteiger partial charge in [0.2, 0.25) is 0 Å². The number of carbonyl (C=O) groups is 1. The molecule has 0 amide bonds. The number of carbonyl (C=O) groups excluding carboxylic acids is 1. The molecule has 0 aromatic carbocycles. The highest BCUT2D eigenvalue weighted by Crippen LogP contribution is 2.76. The third kappa shape index (κ3) is 2.55. The Balaban J connectivity index is 1.58. The van der Waals surface area contributed by atoms with Gasteiger partial charge < -0.3 is 5.11 Å². The van der Waals surface area contributed by atoms with E-state index in [0.717, 1.165) is 32.1 Å². The van der Waals surface area contributed by atoms with Crippen molar-refractivity contribution < 1.29 is 9.90 Å². The zero-order chi connectivity index (χ0) is 23.5. The minimum absolute atomic E-state index is 0.0104. The molecule has 5 aliphatic rings. The normalized spacial score (nSPS) is 56.6. The summed E-state index contributed by atoms with van der Waals surface area (Å²) >= 11 is 0. The van der Waals surface area contributed by atoms with Gasteiger partial charge in [0.05, 0.1) is 6.10 Å². The molecule has 5 rings (SSSR count). The molecule has 0 aromatic rings. The Kier molecular flexibility index (Phi) is 4.87. The van der Waals surface area contributed by atoms with Crippen molar-refractivity contribution >= 4 is 5.78 Å². The number of ketones is 1. The van der Waals surface area contributed by atoms with Crippen LogP contribution in [-0.4, -0.2) is 17.0 Å². The van der Waals surface area contributed by atoms with Crippen LogP contribution < -0.4 is 0 Å². The summed E-state index contributed by atoms with van der Waals surface area (Å²) in [7, 11) is 0. The molecule has 2 heteroatoms. The van der Waals surface area contributed by atoms with Crippen molar-refractivity contribution in [3.05, 3.63) is 12.2 Å². The van der Waals surface area contributed by atoms with Crippen LogP contribution >= 0.6 is 0 Å². The van der Waals surface area contributed by atoms with E-state index in [1.807, 2.05) is 0 Å². The molecule has 0 saturated heterocycles. The van der Waals surface area contributed by atoms with Gasteiger partial charge in [-0.2, -0.15) is 0 Å². The van der Waals surface area contributed by atoms with Gasteiger partial charge in [-0.15, -0.1) is 0 Å². The van der Waals surface area contributed by atoms with E-state index in [9.17, 15) is 9.90 Å². The average Bonchev–Trinajstić information content (AvgIpc) is 3.05. The maximum Gasteiger partial charge on any atom is 0.139 e. The standard InChI is InChI=1S/C30H48O2/c1-18(2)19-11-14-28(6)24(32)17-30(8)20(25(19)28)9-10-22-27(5)15-13-23(31)26(3,4)21(27)12-16-29(22,30)7/h19-23,25,31H,1,9-17H2,2-8H3/t19-,20+,21-,22+,23-,25+,27-,28+,29+,30+/m0/s1. The van der Waals surface area contributed by atoms with Gasteiger partial charge in [0, 0.05) is 11.8 Å². The topological polar surface area (TPSA) is 37.3 Å². The predicted octanol–water partition coefficient (Wildman–Crippen LogP) is 7.20. The molecule has 0 aliphatic heterocycles. The van der Waals surface area contributed by atoms with Crippen LogP contribution in [0.5, 0.6) is 0 Å². The number of fused-ring (bicyclic) bond motifs is 7. The molecule has 0 radical (unpaired) electrons. The van der Waals surface area contributed by atoms with Crippen LogP contribution in [0.2, 0.25) is 0 Å². The van der Waals surface area contributed by atoms with Gasteiger partial charge in [0.15, 0.2) is 0 Å². The summed E-state index contributed by atoms with van der Waals surface area (Å²) in [6.45, 7) is 21.2. The van der Waals surface area contributed by atoms with Crippen LogP contribution in [0, 0.1) is 56.7 Å². The number of aliphatic hydroxyl groups excluding tert-OH is 1. The molecule has 2 nitrogen and oxygen atoms in total. The van der Waals surface area contributed by atoms with Crippen molar-refractivity contribution in [3.8, 4) is 0 Å². The van der Waals surface area contributed by atoms with E-state index in [4.69, 9.17) is 0 Å². The Bertz CT molecular complexity index is 842. The van der Waals surface area contributed by atoms with Crippen molar-refractivity contribution in [2.24, 2.45) is 56.7 Å². The third-order valence-corrected chi connectivity index (χ3v) is 13.3. The molecule has 10 atom stereocenters. The van der Waals surface area contributed by atoms with E-state index in [2.05, 4.69) is 55.0 Å². The SMILES string of the molecule is C=C(C)[C@@H]1CC[C@]2(C)C(=O)C[C@]3(C)[C@H](CC[C@@H]4[C@@]5(C)CC[C@H](O)C(C)(C)[C@@H]5CC[C@]43C)[C@@H]12. The lowest BCUT2D eigenvalue weighted by molar-refractivity contribution is -0.242. The highest BCUT2D eigenvalue weighted by molar-refractivity contribution is 5.87. The molecule has 0 aromatic heterocycles. The molecule has 180 valence electrons. The minimum atomic E-state index is -0.177. The number of rotatable bonds is 1. The molecular weight excluding hydrogens is 392 g/mol. The molecule has 1 N–H and O–H groups in total. The van der Waals surface area contributed by atoms with Crippen molar-refractivity contribution in [3.63, 3.8) is 0 Å². The summed E-state index contributed by atoms with van der Waals surface area (Å²) < 4.78 is 0. The smallest absolute Gasteiger partial charge is 0.139 e. The maximum atomic E-state index is 13.9. The van der Waals surface area contributed by atoms with E-state index < -0.39 is 0 Å². The fourth-order valence-corrected chi connectivity index (χ4v) is 11.3. The van der Waals surface area contributed by atoms with Gasteiger partial charge in [-0.3, -0.25) is 4.79 Å². The van der Waals surface area contributed by atoms with E-state index in [0.29, 0.717) is 35.4 Å². The van der Waals surface area contributed by atoms with Gasteiger partial charge in [-0.25, -0.2) is 0 Å². The molecule has 0 spiro atoms. The highest BCUT2D eigenvalue weighted by Gasteiger charge is 2.71. The largest absolute Gasteiger partial charge is 0.393 e. The van der Waals surface area contributed by atoms with Crippen molar-refractivity contribution in [2.75, 3.05) is 0 Å². The van der Waals surface area contributed by atoms with Crippen molar-refractivity contribution in [2.45, 2.75) is 112 Å². The first kappa shape index (κ1) is 23.1. The quantitative estimate of drug-likeness (QED) is 0.438. The Morgan fingerprint density at radius 3 is 2.22 bits per heavy atom. The fraction of sp³-hybridized carbons (Fsp3) is 0.900. The molecule has 5 fully saturated rings. The van der Waals surface area contributed by atoms with Gasteiger partial charge in [0.25, 0.3) is 0 Å². The number of Topliss-reactive ketones (excluding diaryl/α,β-unsaturated/α-hetero) is 1. The Hall–Kier alpha value is -0.630. The fourth-order valence-electron chi connectivity index (χ4n) is 11.3. The van der Waals surface area contributed by atoms with Crippen molar-refractivity contribution in [1.29, 1.82) is 0 Å². The molecule has 32 heavy (non-hydrogen) atoms.